The highest BCUT2D eigenvalue weighted by molar-refractivity contribution is 5.90. The lowest BCUT2D eigenvalue weighted by Gasteiger charge is -2.12. The number of fused-ring (bicyclic) bond motifs is 3. The summed E-state index contributed by atoms with van der Waals surface area (Å²) >= 11 is 0. The summed E-state index contributed by atoms with van der Waals surface area (Å²) in [6.45, 7) is 5.53. The third-order valence-corrected chi connectivity index (χ3v) is 5.90. The topological polar surface area (TPSA) is 120 Å². The summed E-state index contributed by atoms with van der Waals surface area (Å²) in [5.41, 5.74) is 1.15. The van der Waals surface area contributed by atoms with Crippen LogP contribution in [0.2, 0.25) is 0 Å². The first-order valence-electron chi connectivity index (χ1n) is 11.6. The molecule has 4 rings (SSSR count). The van der Waals surface area contributed by atoms with E-state index in [1.807, 2.05) is 32.9 Å². The number of benzene rings is 2. The van der Waals surface area contributed by atoms with Crippen molar-refractivity contribution >= 4 is 34.2 Å². The SMILES string of the molecule is CC[C@@H](C)NC(=O)CCn1c(=O)c2ccccc2n2c(=O)n(CC(=O)Nc3ccc(C)cc3)nc12. The molecule has 0 aliphatic carbocycles. The quantitative estimate of drug-likeness (QED) is 0.403. The third kappa shape index (κ3) is 5.01. The van der Waals surface area contributed by atoms with Crippen molar-refractivity contribution in [2.24, 2.45) is 0 Å². The highest BCUT2D eigenvalue weighted by atomic mass is 16.2. The van der Waals surface area contributed by atoms with Gasteiger partial charge in [-0.15, -0.1) is 5.10 Å². The van der Waals surface area contributed by atoms with Crippen molar-refractivity contribution < 1.29 is 9.59 Å². The minimum atomic E-state index is -0.548. The van der Waals surface area contributed by atoms with Gasteiger partial charge in [0.05, 0.1) is 10.9 Å². The van der Waals surface area contributed by atoms with Crippen molar-refractivity contribution in [2.75, 3.05) is 5.32 Å². The van der Waals surface area contributed by atoms with E-state index in [2.05, 4.69) is 15.7 Å². The van der Waals surface area contributed by atoms with Gasteiger partial charge < -0.3 is 10.6 Å². The van der Waals surface area contributed by atoms with E-state index in [1.165, 1.54) is 8.97 Å². The zero-order valence-corrected chi connectivity index (χ0v) is 19.9. The molecular weight excluding hydrogens is 448 g/mol. The molecule has 2 amide bonds. The second kappa shape index (κ2) is 9.96. The Labute approximate surface area is 201 Å². The molecule has 0 unspecified atom stereocenters. The third-order valence-electron chi connectivity index (χ3n) is 5.90. The minimum Gasteiger partial charge on any atom is -0.354 e. The average molecular weight is 477 g/mol. The number of nitrogens with zero attached hydrogens (tertiary/aromatic N) is 4. The fraction of sp³-hybridized carbons (Fsp3) is 0.320. The van der Waals surface area contributed by atoms with E-state index in [4.69, 9.17) is 0 Å². The first kappa shape index (κ1) is 23.9. The first-order chi connectivity index (χ1) is 16.8. The van der Waals surface area contributed by atoms with Crippen LogP contribution in [0.3, 0.4) is 0 Å². The molecule has 0 spiro atoms. The zero-order valence-electron chi connectivity index (χ0n) is 19.9. The second-order valence-electron chi connectivity index (χ2n) is 8.59. The van der Waals surface area contributed by atoms with Gasteiger partial charge in [-0.3, -0.25) is 19.0 Å². The molecule has 0 saturated heterocycles. The lowest BCUT2D eigenvalue weighted by molar-refractivity contribution is -0.122. The molecule has 0 radical (unpaired) electrons. The Morgan fingerprint density at radius 3 is 2.46 bits per heavy atom. The van der Waals surface area contributed by atoms with E-state index in [9.17, 15) is 19.2 Å². The summed E-state index contributed by atoms with van der Waals surface area (Å²) < 4.78 is 3.65. The molecule has 0 aliphatic heterocycles. The monoisotopic (exact) mass is 476 g/mol. The van der Waals surface area contributed by atoms with Gasteiger partial charge in [0.2, 0.25) is 17.6 Å². The maximum atomic E-state index is 13.2. The Morgan fingerprint density at radius 1 is 1.03 bits per heavy atom. The van der Waals surface area contributed by atoms with Gasteiger partial charge in [0, 0.05) is 24.7 Å². The Bertz CT molecular complexity index is 1510. The van der Waals surface area contributed by atoms with E-state index in [0.29, 0.717) is 16.6 Å². The number of para-hydroxylation sites is 1. The van der Waals surface area contributed by atoms with Gasteiger partial charge in [-0.1, -0.05) is 36.8 Å². The van der Waals surface area contributed by atoms with Crippen LogP contribution in [-0.2, 0) is 22.7 Å². The molecular formula is C25H28N6O4. The van der Waals surface area contributed by atoms with Crippen molar-refractivity contribution in [2.45, 2.75) is 52.7 Å². The lowest BCUT2D eigenvalue weighted by atomic mass is 10.2. The van der Waals surface area contributed by atoms with E-state index in [-0.39, 0.29) is 42.8 Å². The Morgan fingerprint density at radius 2 is 1.74 bits per heavy atom. The van der Waals surface area contributed by atoms with Crippen LogP contribution in [0.5, 0.6) is 0 Å². The molecule has 182 valence electrons. The minimum absolute atomic E-state index is 0.0183. The van der Waals surface area contributed by atoms with Crippen LogP contribution in [0.1, 0.15) is 32.3 Å². The molecule has 2 heterocycles. The maximum absolute atomic E-state index is 13.2. The smallest absolute Gasteiger partial charge is 0.352 e. The highest BCUT2D eigenvalue weighted by Crippen LogP contribution is 2.12. The van der Waals surface area contributed by atoms with Crippen LogP contribution in [0.15, 0.2) is 58.1 Å². The van der Waals surface area contributed by atoms with E-state index in [1.54, 1.807) is 36.4 Å². The summed E-state index contributed by atoms with van der Waals surface area (Å²) in [7, 11) is 0. The number of nitrogens with one attached hydrogen (secondary N) is 2. The van der Waals surface area contributed by atoms with E-state index >= 15 is 0 Å². The predicted molar refractivity (Wildman–Crippen MR) is 134 cm³/mol. The molecule has 0 fully saturated rings. The van der Waals surface area contributed by atoms with Gasteiger partial charge in [-0.2, -0.15) is 0 Å². The van der Waals surface area contributed by atoms with Gasteiger partial charge in [0.25, 0.3) is 5.56 Å². The van der Waals surface area contributed by atoms with Crippen molar-refractivity contribution in [3.05, 3.63) is 74.9 Å². The number of aromatic nitrogens is 4. The molecule has 0 aliphatic rings. The zero-order chi connectivity index (χ0) is 25.1. The van der Waals surface area contributed by atoms with Crippen LogP contribution < -0.4 is 21.9 Å². The van der Waals surface area contributed by atoms with Crippen molar-refractivity contribution in [3.63, 3.8) is 0 Å². The number of hydrogen-bond acceptors (Lipinski definition) is 5. The largest absolute Gasteiger partial charge is 0.354 e. The van der Waals surface area contributed by atoms with Gasteiger partial charge in [0.1, 0.15) is 6.54 Å². The summed E-state index contributed by atoms with van der Waals surface area (Å²) in [6.07, 6.45) is 0.837. The van der Waals surface area contributed by atoms with Gasteiger partial charge >= 0.3 is 5.69 Å². The normalized spacial score (nSPS) is 12.1. The van der Waals surface area contributed by atoms with E-state index in [0.717, 1.165) is 16.7 Å². The molecule has 2 aromatic heterocycles. The highest BCUT2D eigenvalue weighted by Gasteiger charge is 2.19. The van der Waals surface area contributed by atoms with Crippen LogP contribution >= 0.6 is 0 Å². The molecule has 2 aromatic carbocycles. The van der Waals surface area contributed by atoms with E-state index < -0.39 is 11.6 Å². The van der Waals surface area contributed by atoms with Crippen molar-refractivity contribution in [3.8, 4) is 0 Å². The first-order valence-corrected chi connectivity index (χ1v) is 11.6. The summed E-state index contributed by atoms with van der Waals surface area (Å²) in [5, 5.41) is 10.3. The molecule has 4 aromatic rings. The standard InChI is InChI=1S/C25H28N6O4/c1-4-17(3)26-21(32)13-14-29-23(34)19-7-5-6-8-20(19)31-24(29)28-30(25(31)35)15-22(33)27-18-11-9-16(2)10-12-18/h5-12,17H,4,13-15H2,1-3H3,(H,26,32)(H,27,33)/t17-/m1/s1. The molecule has 2 N–H and O–H groups in total. The molecule has 0 saturated carbocycles. The van der Waals surface area contributed by atoms with Crippen molar-refractivity contribution in [1.29, 1.82) is 0 Å². The number of carbonyl (C=O) groups excluding carboxylic acids is 2. The van der Waals surface area contributed by atoms with Gasteiger partial charge in [0.15, 0.2) is 0 Å². The molecule has 1 atom stereocenters. The van der Waals surface area contributed by atoms with Crippen molar-refractivity contribution in [1.82, 2.24) is 24.1 Å². The summed E-state index contributed by atoms with van der Waals surface area (Å²) in [5.74, 6) is -0.541. The van der Waals surface area contributed by atoms with Crippen LogP contribution in [0, 0.1) is 6.92 Å². The summed E-state index contributed by atoms with van der Waals surface area (Å²) in [6, 6.07) is 14.0. The number of rotatable bonds is 8. The van der Waals surface area contributed by atoms with Crippen LogP contribution in [0.4, 0.5) is 5.69 Å². The van der Waals surface area contributed by atoms with Crippen LogP contribution in [0.25, 0.3) is 16.7 Å². The average Bonchev–Trinajstić information content (AvgIpc) is 3.16. The fourth-order valence-corrected chi connectivity index (χ4v) is 3.81. The lowest BCUT2D eigenvalue weighted by Crippen LogP contribution is -2.34. The van der Waals surface area contributed by atoms with Gasteiger partial charge in [-0.05, 0) is 44.5 Å². The Kier molecular flexibility index (Phi) is 6.81. The maximum Gasteiger partial charge on any atom is 0.352 e. The molecule has 35 heavy (non-hydrogen) atoms. The second-order valence-corrected chi connectivity index (χ2v) is 8.59. The molecule has 0 bridgehead atoms. The van der Waals surface area contributed by atoms with Gasteiger partial charge in [-0.25, -0.2) is 13.9 Å². The Hall–Kier alpha value is -4.21. The molecule has 10 nitrogen and oxygen atoms in total. The Balaban J connectivity index is 1.70. The number of hydrogen-bond donors (Lipinski definition) is 2. The number of anilines is 1. The number of amides is 2. The fourth-order valence-electron chi connectivity index (χ4n) is 3.81. The number of aryl methyl sites for hydroxylation is 2. The molecule has 10 heteroatoms. The summed E-state index contributed by atoms with van der Waals surface area (Å²) in [4.78, 5) is 51.4. The van der Waals surface area contributed by atoms with Crippen LogP contribution in [-0.4, -0.2) is 36.6 Å². The predicted octanol–water partition coefficient (Wildman–Crippen LogP) is 2.06. The number of carbonyl (C=O) groups is 2.